The zero-order valence-corrected chi connectivity index (χ0v) is 14.6. The molecule has 1 aromatic rings. The fraction of sp³-hybridized carbons (Fsp3) is 0.588. The molecule has 1 saturated heterocycles. The van der Waals surface area contributed by atoms with Crippen molar-refractivity contribution in [3.63, 3.8) is 0 Å². The number of nitrogens with one attached hydrogen (secondary N) is 1. The fourth-order valence-corrected chi connectivity index (χ4v) is 3.05. The maximum absolute atomic E-state index is 12.8. The van der Waals surface area contributed by atoms with Gasteiger partial charge >= 0.3 is 0 Å². The number of amides is 1. The minimum Gasteiger partial charge on any atom is -0.316 e. The van der Waals surface area contributed by atoms with Crippen molar-refractivity contribution in [1.82, 2.24) is 10.2 Å². The number of anilines is 1. The first-order valence-corrected chi connectivity index (χ1v) is 7.95. The van der Waals surface area contributed by atoms with Crippen LogP contribution in [0.4, 0.5) is 5.69 Å². The molecule has 4 nitrogen and oxygen atoms in total. The number of likely N-dealkylation sites (tertiary alicyclic amines) is 1. The first kappa shape index (κ1) is 18.9. The largest absolute Gasteiger partial charge is 0.316 e. The van der Waals surface area contributed by atoms with Gasteiger partial charge in [0.25, 0.3) is 0 Å². The van der Waals surface area contributed by atoms with Crippen molar-refractivity contribution in [3.05, 3.63) is 30.3 Å². The SMILES string of the molecule is CCN(C(=O)C(C)N1CCCC(NC)C1)c1ccccc1.Cl. The van der Waals surface area contributed by atoms with Gasteiger partial charge in [-0.2, -0.15) is 0 Å². The van der Waals surface area contributed by atoms with E-state index in [9.17, 15) is 4.79 Å². The maximum atomic E-state index is 12.8. The highest BCUT2D eigenvalue weighted by molar-refractivity contribution is 5.96. The summed E-state index contributed by atoms with van der Waals surface area (Å²) in [7, 11) is 2.00. The molecule has 1 aliphatic rings. The van der Waals surface area contributed by atoms with Crippen molar-refractivity contribution < 1.29 is 4.79 Å². The average Bonchev–Trinajstić information content (AvgIpc) is 2.55. The van der Waals surface area contributed by atoms with E-state index < -0.39 is 0 Å². The first-order chi connectivity index (χ1) is 10.2. The van der Waals surface area contributed by atoms with Crippen LogP contribution in [-0.4, -0.2) is 49.6 Å². The van der Waals surface area contributed by atoms with Crippen molar-refractivity contribution in [3.8, 4) is 0 Å². The van der Waals surface area contributed by atoms with Crippen LogP contribution in [0, 0.1) is 0 Å². The summed E-state index contributed by atoms with van der Waals surface area (Å²) in [6, 6.07) is 10.4. The Balaban J connectivity index is 0.00000242. The lowest BCUT2D eigenvalue weighted by Crippen LogP contribution is -2.53. The smallest absolute Gasteiger partial charge is 0.244 e. The Morgan fingerprint density at radius 1 is 1.41 bits per heavy atom. The Labute approximate surface area is 140 Å². The van der Waals surface area contributed by atoms with Crippen molar-refractivity contribution in [2.45, 2.75) is 38.8 Å². The van der Waals surface area contributed by atoms with Gasteiger partial charge in [-0.3, -0.25) is 9.69 Å². The number of halogens is 1. The highest BCUT2D eigenvalue weighted by atomic mass is 35.5. The summed E-state index contributed by atoms with van der Waals surface area (Å²) in [5.74, 6) is 0.195. The standard InChI is InChI=1S/C17H27N3O.ClH/c1-4-20(16-10-6-5-7-11-16)17(21)14(2)19-12-8-9-15(13-19)18-3;/h5-7,10-11,14-15,18H,4,8-9,12-13H2,1-3H3;1H. The molecule has 0 aromatic heterocycles. The van der Waals surface area contributed by atoms with E-state index in [4.69, 9.17) is 0 Å². The lowest BCUT2D eigenvalue weighted by Gasteiger charge is -2.37. The number of nitrogens with zero attached hydrogens (tertiary/aromatic N) is 2. The molecule has 1 fully saturated rings. The van der Waals surface area contributed by atoms with Gasteiger partial charge in [0.05, 0.1) is 6.04 Å². The van der Waals surface area contributed by atoms with Crippen LogP contribution in [-0.2, 0) is 4.79 Å². The summed E-state index contributed by atoms with van der Waals surface area (Å²) in [6.07, 6.45) is 2.35. The predicted octanol–water partition coefficient (Wildman–Crippen LogP) is 2.53. The third-order valence-corrected chi connectivity index (χ3v) is 4.42. The third-order valence-electron chi connectivity index (χ3n) is 4.42. The molecule has 1 amide bonds. The molecule has 0 saturated carbocycles. The molecular weight excluding hydrogens is 298 g/mol. The third kappa shape index (κ3) is 4.45. The second-order valence-electron chi connectivity index (χ2n) is 5.72. The minimum absolute atomic E-state index is 0. The van der Waals surface area contributed by atoms with Crippen molar-refractivity contribution in [2.24, 2.45) is 0 Å². The second kappa shape index (κ2) is 9.13. The predicted molar refractivity (Wildman–Crippen MR) is 94.8 cm³/mol. The zero-order valence-electron chi connectivity index (χ0n) is 13.8. The highest BCUT2D eigenvalue weighted by Gasteiger charge is 2.29. The summed E-state index contributed by atoms with van der Waals surface area (Å²) < 4.78 is 0. The number of para-hydroxylation sites is 1. The summed E-state index contributed by atoms with van der Waals surface area (Å²) in [6.45, 7) is 6.74. The van der Waals surface area contributed by atoms with Crippen LogP contribution >= 0.6 is 12.4 Å². The second-order valence-corrected chi connectivity index (χ2v) is 5.72. The van der Waals surface area contributed by atoms with E-state index in [1.807, 2.05) is 56.1 Å². The van der Waals surface area contributed by atoms with Crippen LogP contribution in [0.2, 0.25) is 0 Å². The van der Waals surface area contributed by atoms with Gasteiger partial charge in [0.15, 0.2) is 0 Å². The molecule has 0 bridgehead atoms. The van der Waals surface area contributed by atoms with Crippen LogP contribution in [0.25, 0.3) is 0 Å². The van der Waals surface area contributed by atoms with Gasteiger partial charge in [-0.25, -0.2) is 0 Å². The number of benzene rings is 1. The number of hydrogen-bond acceptors (Lipinski definition) is 3. The summed E-state index contributed by atoms with van der Waals surface area (Å²) in [5, 5.41) is 3.34. The van der Waals surface area contributed by atoms with Crippen LogP contribution in [0.5, 0.6) is 0 Å². The van der Waals surface area contributed by atoms with E-state index in [0.717, 1.165) is 25.2 Å². The average molecular weight is 326 g/mol. The lowest BCUT2D eigenvalue weighted by molar-refractivity contribution is -0.123. The fourth-order valence-electron chi connectivity index (χ4n) is 3.05. The van der Waals surface area contributed by atoms with E-state index in [2.05, 4.69) is 10.2 Å². The molecule has 0 aliphatic carbocycles. The monoisotopic (exact) mass is 325 g/mol. The molecule has 2 unspecified atom stereocenters. The molecule has 5 heteroatoms. The van der Waals surface area contributed by atoms with Crippen LogP contribution in [0.15, 0.2) is 30.3 Å². The summed E-state index contributed by atoms with van der Waals surface area (Å²) in [4.78, 5) is 17.0. The van der Waals surface area contributed by atoms with Gasteiger partial charge < -0.3 is 10.2 Å². The number of carbonyl (C=O) groups excluding carboxylic acids is 1. The van der Waals surface area contributed by atoms with Crippen LogP contribution in [0.1, 0.15) is 26.7 Å². The van der Waals surface area contributed by atoms with Gasteiger partial charge in [0.2, 0.25) is 5.91 Å². The summed E-state index contributed by atoms with van der Waals surface area (Å²) >= 11 is 0. The molecule has 2 atom stereocenters. The van der Waals surface area contributed by atoms with Crippen LogP contribution in [0.3, 0.4) is 0 Å². The first-order valence-electron chi connectivity index (χ1n) is 7.95. The molecule has 1 aromatic carbocycles. The number of piperidine rings is 1. The molecule has 22 heavy (non-hydrogen) atoms. The van der Waals surface area contributed by atoms with Gasteiger partial charge in [0.1, 0.15) is 0 Å². The number of hydrogen-bond donors (Lipinski definition) is 1. The van der Waals surface area contributed by atoms with Gasteiger partial charge in [-0.1, -0.05) is 18.2 Å². The molecule has 0 radical (unpaired) electrons. The van der Waals surface area contributed by atoms with E-state index in [1.54, 1.807) is 0 Å². The molecule has 124 valence electrons. The Morgan fingerprint density at radius 2 is 2.09 bits per heavy atom. The lowest BCUT2D eigenvalue weighted by atomic mass is 10.0. The number of likely N-dealkylation sites (N-methyl/N-ethyl adjacent to an activating group) is 2. The molecule has 1 heterocycles. The van der Waals surface area contributed by atoms with Gasteiger partial charge in [0, 0.05) is 24.8 Å². The molecular formula is C17H28ClN3O. The van der Waals surface area contributed by atoms with Gasteiger partial charge in [-0.15, -0.1) is 12.4 Å². The Hall–Kier alpha value is -1.10. The van der Waals surface area contributed by atoms with Crippen molar-refractivity contribution in [1.29, 1.82) is 0 Å². The zero-order chi connectivity index (χ0) is 15.2. The molecule has 1 N–H and O–H groups in total. The molecule has 2 rings (SSSR count). The topological polar surface area (TPSA) is 35.6 Å². The summed E-state index contributed by atoms with van der Waals surface area (Å²) in [5.41, 5.74) is 0.985. The quantitative estimate of drug-likeness (QED) is 0.903. The van der Waals surface area contributed by atoms with E-state index in [1.165, 1.54) is 6.42 Å². The van der Waals surface area contributed by atoms with E-state index >= 15 is 0 Å². The van der Waals surface area contributed by atoms with E-state index in [-0.39, 0.29) is 24.4 Å². The van der Waals surface area contributed by atoms with E-state index in [0.29, 0.717) is 12.6 Å². The maximum Gasteiger partial charge on any atom is 0.244 e. The van der Waals surface area contributed by atoms with Crippen LogP contribution < -0.4 is 10.2 Å². The minimum atomic E-state index is -0.0682. The normalized spacial score (nSPS) is 20.0. The Kier molecular flexibility index (Phi) is 7.87. The molecule has 1 aliphatic heterocycles. The highest BCUT2D eigenvalue weighted by Crippen LogP contribution is 2.18. The van der Waals surface area contributed by atoms with Crippen molar-refractivity contribution >= 4 is 24.0 Å². The Morgan fingerprint density at radius 3 is 2.68 bits per heavy atom. The Bertz CT molecular complexity index is 454. The van der Waals surface area contributed by atoms with Gasteiger partial charge in [-0.05, 0) is 52.4 Å². The number of rotatable bonds is 5. The molecule has 0 spiro atoms. The van der Waals surface area contributed by atoms with Crippen molar-refractivity contribution in [2.75, 3.05) is 31.6 Å². The number of carbonyl (C=O) groups is 1.